The van der Waals surface area contributed by atoms with Crippen LogP contribution in [0.4, 0.5) is 0 Å². The molecule has 2 rings (SSSR count). The van der Waals surface area contributed by atoms with Gasteiger partial charge < -0.3 is 9.84 Å². The predicted molar refractivity (Wildman–Crippen MR) is 82.9 cm³/mol. The van der Waals surface area contributed by atoms with Crippen LogP contribution in [-0.4, -0.2) is 32.7 Å². The first kappa shape index (κ1) is 16.0. The van der Waals surface area contributed by atoms with E-state index in [1.54, 1.807) is 0 Å². The van der Waals surface area contributed by atoms with Crippen molar-refractivity contribution in [3.8, 4) is 0 Å². The number of hydrogen-bond donors (Lipinski definition) is 1. The Morgan fingerprint density at radius 1 is 1.45 bits per heavy atom. The van der Waals surface area contributed by atoms with Gasteiger partial charge in [0, 0.05) is 19.4 Å². The van der Waals surface area contributed by atoms with Crippen molar-refractivity contribution in [2.75, 3.05) is 6.61 Å². The highest BCUT2D eigenvalue weighted by atomic mass is 79.9. The van der Waals surface area contributed by atoms with E-state index in [1.807, 2.05) is 11.6 Å². The molecule has 5 heteroatoms. The maximum atomic E-state index is 11.0. The Morgan fingerprint density at radius 3 is 2.75 bits per heavy atom. The first-order valence-corrected chi connectivity index (χ1v) is 8.20. The molecule has 20 heavy (non-hydrogen) atoms. The van der Waals surface area contributed by atoms with E-state index in [1.165, 1.54) is 0 Å². The van der Waals surface area contributed by atoms with Crippen molar-refractivity contribution < 1.29 is 9.84 Å². The lowest BCUT2D eigenvalue weighted by Crippen LogP contribution is -2.48. The van der Waals surface area contributed by atoms with Crippen molar-refractivity contribution in [1.82, 2.24) is 9.78 Å². The molecule has 1 aliphatic rings. The topological polar surface area (TPSA) is 47.3 Å². The van der Waals surface area contributed by atoms with Gasteiger partial charge in [-0.1, -0.05) is 6.92 Å². The molecule has 2 heterocycles. The highest BCUT2D eigenvalue weighted by molar-refractivity contribution is 9.10. The number of ether oxygens (including phenoxy) is 1. The van der Waals surface area contributed by atoms with E-state index < -0.39 is 5.60 Å². The molecular formula is C15H25BrN2O2. The highest BCUT2D eigenvalue weighted by Gasteiger charge is 2.42. The lowest BCUT2D eigenvalue weighted by molar-refractivity contribution is -0.153. The monoisotopic (exact) mass is 344 g/mol. The van der Waals surface area contributed by atoms with Crippen molar-refractivity contribution in [2.45, 2.75) is 71.1 Å². The van der Waals surface area contributed by atoms with Crippen molar-refractivity contribution in [3.05, 3.63) is 15.9 Å². The molecule has 0 spiro atoms. The van der Waals surface area contributed by atoms with E-state index >= 15 is 0 Å². The SMILES string of the molecule is CCn1nc(C)c(Br)c1CC1(O)CCOC(C)(CC)C1. The number of hydrogen-bond acceptors (Lipinski definition) is 3. The van der Waals surface area contributed by atoms with Gasteiger partial charge in [-0.2, -0.15) is 5.10 Å². The van der Waals surface area contributed by atoms with E-state index in [9.17, 15) is 5.11 Å². The molecule has 0 bridgehead atoms. The molecular weight excluding hydrogens is 320 g/mol. The lowest BCUT2D eigenvalue weighted by Gasteiger charge is -2.43. The third kappa shape index (κ3) is 3.10. The second-order valence-corrected chi connectivity index (χ2v) is 6.93. The van der Waals surface area contributed by atoms with Crippen LogP contribution in [0, 0.1) is 6.92 Å². The molecule has 0 radical (unpaired) electrons. The highest BCUT2D eigenvalue weighted by Crippen LogP contribution is 2.38. The molecule has 2 atom stereocenters. The Morgan fingerprint density at radius 2 is 2.15 bits per heavy atom. The zero-order valence-electron chi connectivity index (χ0n) is 12.9. The van der Waals surface area contributed by atoms with Crippen LogP contribution in [0.5, 0.6) is 0 Å². The van der Waals surface area contributed by atoms with Crippen LogP contribution in [0.3, 0.4) is 0 Å². The van der Waals surface area contributed by atoms with Gasteiger partial charge in [0.1, 0.15) is 0 Å². The van der Waals surface area contributed by atoms with Gasteiger partial charge in [0.25, 0.3) is 0 Å². The van der Waals surface area contributed by atoms with E-state index in [-0.39, 0.29) is 5.60 Å². The Labute approximate surface area is 129 Å². The summed E-state index contributed by atoms with van der Waals surface area (Å²) in [6.07, 6.45) is 2.91. The maximum Gasteiger partial charge on any atom is 0.0752 e. The average molecular weight is 345 g/mol. The predicted octanol–water partition coefficient (Wildman–Crippen LogP) is 3.23. The summed E-state index contributed by atoms with van der Waals surface area (Å²) in [4.78, 5) is 0. The standard InChI is InChI=1S/C15H25BrN2O2/c1-5-14(4)10-15(19,7-8-20-14)9-12-13(16)11(3)17-18(12)6-2/h19H,5-10H2,1-4H3. The molecule has 1 saturated heterocycles. The fourth-order valence-corrected chi connectivity index (χ4v) is 3.47. The Kier molecular flexibility index (Phi) is 4.62. The van der Waals surface area contributed by atoms with Crippen molar-refractivity contribution >= 4 is 15.9 Å². The minimum Gasteiger partial charge on any atom is -0.389 e. The zero-order valence-corrected chi connectivity index (χ0v) is 14.5. The van der Waals surface area contributed by atoms with Crippen molar-refractivity contribution in [3.63, 3.8) is 0 Å². The molecule has 0 aliphatic carbocycles. The summed E-state index contributed by atoms with van der Waals surface area (Å²) in [6, 6.07) is 0. The fraction of sp³-hybridized carbons (Fsp3) is 0.800. The number of halogens is 1. The minimum absolute atomic E-state index is 0.217. The van der Waals surface area contributed by atoms with Gasteiger partial charge in [0.05, 0.1) is 33.7 Å². The second-order valence-electron chi connectivity index (χ2n) is 6.14. The van der Waals surface area contributed by atoms with Crippen LogP contribution >= 0.6 is 15.9 Å². The molecule has 2 unspecified atom stereocenters. The molecule has 4 nitrogen and oxygen atoms in total. The van der Waals surface area contributed by atoms with Crippen LogP contribution in [0.15, 0.2) is 4.47 Å². The number of rotatable bonds is 4. The Balaban J connectivity index is 2.24. The zero-order chi connectivity index (χ0) is 15.0. The van der Waals surface area contributed by atoms with Gasteiger partial charge in [0.15, 0.2) is 0 Å². The molecule has 1 aromatic rings. The summed E-state index contributed by atoms with van der Waals surface area (Å²) in [5, 5.41) is 15.5. The first-order chi connectivity index (χ1) is 9.32. The van der Waals surface area contributed by atoms with E-state index in [0.29, 0.717) is 25.9 Å². The number of nitrogens with zero attached hydrogens (tertiary/aromatic N) is 2. The normalized spacial score (nSPS) is 30.7. The van der Waals surface area contributed by atoms with E-state index in [0.717, 1.165) is 28.8 Å². The van der Waals surface area contributed by atoms with Gasteiger partial charge in [-0.05, 0) is 49.5 Å². The summed E-state index contributed by atoms with van der Waals surface area (Å²) in [6.45, 7) is 9.71. The number of aryl methyl sites for hydroxylation is 2. The minimum atomic E-state index is -0.703. The third-order valence-corrected chi connectivity index (χ3v) is 5.45. The van der Waals surface area contributed by atoms with Crippen LogP contribution in [-0.2, 0) is 17.7 Å². The summed E-state index contributed by atoms with van der Waals surface area (Å²) in [7, 11) is 0. The average Bonchev–Trinajstić information content (AvgIpc) is 2.66. The lowest BCUT2D eigenvalue weighted by atomic mass is 9.79. The molecule has 1 aromatic heterocycles. The Hall–Kier alpha value is -0.390. The molecule has 0 aromatic carbocycles. The van der Waals surface area contributed by atoms with Crippen LogP contribution < -0.4 is 0 Å². The van der Waals surface area contributed by atoms with Gasteiger partial charge in [-0.3, -0.25) is 4.68 Å². The molecule has 1 N–H and O–H groups in total. The van der Waals surface area contributed by atoms with E-state index in [4.69, 9.17) is 4.74 Å². The largest absolute Gasteiger partial charge is 0.389 e. The van der Waals surface area contributed by atoms with Gasteiger partial charge in [0.2, 0.25) is 0 Å². The quantitative estimate of drug-likeness (QED) is 0.911. The van der Waals surface area contributed by atoms with Gasteiger partial charge >= 0.3 is 0 Å². The molecule has 1 fully saturated rings. The second kappa shape index (κ2) is 5.78. The van der Waals surface area contributed by atoms with Crippen LogP contribution in [0.2, 0.25) is 0 Å². The van der Waals surface area contributed by atoms with Gasteiger partial charge in [-0.15, -0.1) is 0 Å². The summed E-state index contributed by atoms with van der Waals surface area (Å²) < 4.78 is 8.85. The molecule has 0 amide bonds. The van der Waals surface area contributed by atoms with Crippen LogP contribution in [0.1, 0.15) is 51.4 Å². The smallest absolute Gasteiger partial charge is 0.0752 e. The van der Waals surface area contributed by atoms with Crippen molar-refractivity contribution in [1.29, 1.82) is 0 Å². The maximum absolute atomic E-state index is 11.0. The number of aromatic nitrogens is 2. The summed E-state index contributed by atoms with van der Waals surface area (Å²) in [5.74, 6) is 0. The summed E-state index contributed by atoms with van der Waals surface area (Å²) in [5.41, 5.74) is 1.15. The summed E-state index contributed by atoms with van der Waals surface area (Å²) >= 11 is 3.61. The molecule has 114 valence electrons. The molecule has 0 saturated carbocycles. The molecule has 1 aliphatic heterocycles. The van der Waals surface area contributed by atoms with Crippen LogP contribution in [0.25, 0.3) is 0 Å². The van der Waals surface area contributed by atoms with Crippen molar-refractivity contribution in [2.24, 2.45) is 0 Å². The fourth-order valence-electron chi connectivity index (χ4n) is 3.05. The Bertz CT molecular complexity index is 488. The third-order valence-electron chi connectivity index (χ3n) is 4.42. The number of aliphatic hydroxyl groups is 1. The van der Waals surface area contributed by atoms with Gasteiger partial charge in [-0.25, -0.2) is 0 Å². The first-order valence-electron chi connectivity index (χ1n) is 7.40. The van der Waals surface area contributed by atoms with E-state index in [2.05, 4.69) is 41.8 Å².